The van der Waals surface area contributed by atoms with Crippen LogP contribution in [0.4, 0.5) is 0 Å². The molecule has 2 heterocycles. The first-order valence-electron chi connectivity index (χ1n) is 14.1. The van der Waals surface area contributed by atoms with Gasteiger partial charge in [-0.25, -0.2) is 9.79 Å². The molecule has 3 aromatic rings. The molecule has 1 amide bonds. The maximum Gasteiger partial charge on any atom is 0.338 e. The molecule has 2 aliphatic heterocycles. The maximum atomic E-state index is 13.5. The molecule has 0 spiro atoms. The molecule has 2 aliphatic rings. The number of amides is 1. The molecule has 8 heteroatoms. The lowest BCUT2D eigenvalue weighted by Crippen LogP contribution is -2.38. The van der Waals surface area contributed by atoms with Crippen molar-refractivity contribution in [1.29, 1.82) is 0 Å². The number of hydrogen-bond acceptors (Lipinski definition) is 7. The van der Waals surface area contributed by atoms with Crippen molar-refractivity contribution in [3.63, 3.8) is 0 Å². The number of nitrogens with zero attached hydrogens (tertiary/aromatic N) is 2. The van der Waals surface area contributed by atoms with Crippen molar-refractivity contribution in [2.24, 2.45) is 4.99 Å². The van der Waals surface area contributed by atoms with Gasteiger partial charge in [-0.05, 0) is 61.9 Å². The summed E-state index contributed by atoms with van der Waals surface area (Å²) in [6.07, 6.45) is -0.160. The largest absolute Gasteiger partial charge is 0.489 e. The molecule has 5 rings (SSSR count). The van der Waals surface area contributed by atoms with Gasteiger partial charge in [0.15, 0.2) is 5.17 Å². The number of fused-ring (bicyclic) bond motifs is 1. The van der Waals surface area contributed by atoms with Crippen molar-refractivity contribution >= 4 is 28.8 Å². The molecular weight excluding hydrogens is 546 g/mol. The van der Waals surface area contributed by atoms with Crippen molar-refractivity contribution < 1.29 is 19.1 Å². The summed E-state index contributed by atoms with van der Waals surface area (Å²) in [5.74, 6) is 0.140. The van der Waals surface area contributed by atoms with E-state index in [1.54, 1.807) is 0 Å². The molecular formula is C34H35N3O4S. The Morgan fingerprint density at radius 1 is 0.976 bits per heavy atom. The molecule has 0 saturated carbocycles. The molecule has 0 unspecified atom stereocenters. The summed E-state index contributed by atoms with van der Waals surface area (Å²) in [7, 11) is 0. The highest BCUT2D eigenvalue weighted by Gasteiger charge is 2.41. The lowest BCUT2D eigenvalue weighted by Gasteiger charge is -2.36. The van der Waals surface area contributed by atoms with Gasteiger partial charge in [0.25, 0.3) is 0 Å². The van der Waals surface area contributed by atoms with Crippen LogP contribution in [0.1, 0.15) is 62.9 Å². The number of thioether (sulfide) groups is 1. The van der Waals surface area contributed by atoms with E-state index in [4.69, 9.17) is 14.5 Å². The van der Waals surface area contributed by atoms with Crippen molar-refractivity contribution in [2.45, 2.75) is 58.9 Å². The standard InChI is InChI=1S/C34H35N3O4S/c1-22(2)41-33(39)31-24(4)36-34-37(28(21-42-34)19-30(38)35-23(3)26-14-9-6-10-15-26)32(31)27-16-11-17-29(18-27)40-20-25-12-7-5-8-13-25/h5-18,21-23,32H,19-20H2,1-4H3,(H,35,38)/t23-,32-/m1/s1. The highest BCUT2D eigenvalue weighted by molar-refractivity contribution is 8.16. The minimum atomic E-state index is -0.537. The number of hydrogen-bond donors (Lipinski definition) is 1. The summed E-state index contributed by atoms with van der Waals surface area (Å²) >= 11 is 1.45. The quantitative estimate of drug-likeness (QED) is 0.258. The van der Waals surface area contributed by atoms with Crippen LogP contribution in [0.3, 0.4) is 0 Å². The molecule has 0 fully saturated rings. The van der Waals surface area contributed by atoms with Crippen LogP contribution in [0.25, 0.3) is 0 Å². The molecule has 0 bridgehead atoms. The molecule has 42 heavy (non-hydrogen) atoms. The maximum absolute atomic E-state index is 13.5. The number of carbonyl (C=O) groups is 2. The van der Waals surface area contributed by atoms with E-state index in [0.717, 1.165) is 22.4 Å². The Morgan fingerprint density at radius 3 is 2.40 bits per heavy atom. The highest BCUT2D eigenvalue weighted by Crippen LogP contribution is 2.45. The fourth-order valence-electron chi connectivity index (χ4n) is 5.02. The molecule has 7 nitrogen and oxygen atoms in total. The van der Waals surface area contributed by atoms with Gasteiger partial charge in [-0.1, -0.05) is 84.6 Å². The number of esters is 1. The van der Waals surface area contributed by atoms with Crippen LogP contribution in [0.15, 0.2) is 112 Å². The van der Waals surface area contributed by atoms with E-state index >= 15 is 0 Å². The SMILES string of the molecule is CC1=C(C(=O)OC(C)C)[C@@H](c2cccc(OCc3ccccc3)c2)N2C(CC(=O)N[C@H](C)c3ccccc3)=CSC2=N1. The summed E-state index contributed by atoms with van der Waals surface area (Å²) in [5.41, 5.74) is 4.73. The van der Waals surface area contributed by atoms with Gasteiger partial charge in [-0.15, -0.1) is 0 Å². The number of carbonyl (C=O) groups excluding carboxylic acids is 2. The average molecular weight is 582 g/mol. The second-order valence-electron chi connectivity index (χ2n) is 10.6. The Kier molecular flexibility index (Phi) is 9.12. The summed E-state index contributed by atoms with van der Waals surface area (Å²) in [5, 5.41) is 5.76. The van der Waals surface area contributed by atoms with Gasteiger partial charge in [0.05, 0.1) is 35.9 Å². The molecule has 0 aromatic heterocycles. The number of rotatable bonds is 10. The molecule has 0 aliphatic carbocycles. The normalized spacial score (nSPS) is 16.9. The van der Waals surface area contributed by atoms with Crippen LogP contribution in [0, 0.1) is 0 Å². The summed E-state index contributed by atoms with van der Waals surface area (Å²) < 4.78 is 11.8. The minimum absolute atomic E-state index is 0.115. The van der Waals surface area contributed by atoms with Crippen LogP contribution in [-0.4, -0.2) is 28.0 Å². The number of aliphatic imine (C=N–C) groups is 1. The smallest absolute Gasteiger partial charge is 0.338 e. The minimum Gasteiger partial charge on any atom is -0.489 e. The van der Waals surface area contributed by atoms with Gasteiger partial charge >= 0.3 is 5.97 Å². The van der Waals surface area contributed by atoms with E-state index in [2.05, 4.69) is 5.32 Å². The predicted molar refractivity (Wildman–Crippen MR) is 166 cm³/mol. The molecule has 216 valence electrons. The molecule has 0 saturated heterocycles. The zero-order chi connectivity index (χ0) is 29.6. The zero-order valence-corrected chi connectivity index (χ0v) is 25.1. The van der Waals surface area contributed by atoms with Gasteiger partial charge in [-0.2, -0.15) is 0 Å². The third-order valence-corrected chi connectivity index (χ3v) is 7.89. The van der Waals surface area contributed by atoms with Crippen LogP contribution >= 0.6 is 11.8 Å². The van der Waals surface area contributed by atoms with Gasteiger partial charge < -0.3 is 19.7 Å². The average Bonchev–Trinajstić information content (AvgIpc) is 3.37. The van der Waals surface area contributed by atoms with Crippen molar-refractivity contribution in [2.75, 3.05) is 0 Å². The first-order valence-corrected chi connectivity index (χ1v) is 14.9. The van der Waals surface area contributed by atoms with Crippen molar-refractivity contribution in [3.05, 3.63) is 124 Å². The fourth-order valence-corrected chi connectivity index (χ4v) is 5.99. The summed E-state index contributed by atoms with van der Waals surface area (Å²) in [6.45, 7) is 7.87. The van der Waals surface area contributed by atoms with E-state index < -0.39 is 12.0 Å². The number of amidine groups is 1. The molecule has 3 aromatic carbocycles. The topological polar surface area (TPSA) is 80.2 Å². The molecule has 0 radical (unpaired) electrons. The first kappa shape index (κ1) is 29.2. The van der Waals surface area contributed by atoms with Crippen molar-refractivity contribution in [3.8, 4) is 5.75 Å². The van der Waals surface area contributed by atoms with Crippen LogP contribution in [-0.2, 0) is 20.9 Å². The second-order valence-corrected chi connectivity index (χ2v) is 11.4. The Hall–Kier alpha value is -4.30. The molecule has 1 N–H and O–H groups in total. The summed E-state index contributed by atoms with van der Waals surface area (Å²) in [4.78, 5) is 33.5. The fraction of sp³-hybridized carbons (Fsp3) is 0.265. The number of nitrogens with one attached hydrogen (secondary N) is 1. The summed E-state index contributed by atoms with van der Waals surface area (Å²) in [6, 6.07) is 26.9. The molecule has 2 atom stereocenters. The van der Waals surface area contributed by atoms with E-state index in [1.165, 1.54) is 11.8 Å². The van der Waals surface area contributed by atoms with E-state index in [1.807, 2.05) is 123 Å². The van der Waals surface area contributed by atoms with Crippen LogP contribution in [0.5, 0.6) is 5.75 Å². The Morgan fingerprint density at radius 2 is 1.69 bits per heavy atom. The second kappa shape index (κ2) is 13.1. The first-order chi connectivity index (χ1) is 20.3. The number of ether oxygens (including phenoxy) is 2. The van der Waals surface area contributed by atoms with E-state index in [0.29, 0.717) is 28.8 Å². The van der Waals surface area contributed by atoms with Crippen molar-refractivity contribution in [1.82, 2.24) is 10.2 Å². The number of benzene rings is 3. The number of allylic oxidation sites excluding steroid dienone is 1. The lowest BCUT2D eigenvalue weighted by molar-refractivity contribution is -0.143. The predicted octanol–water partition coefficient (Wildman–Crippen LogP) is 7.06. The Balaban J connectivity index is 1.43. The van der Waals surface area contributed by atoms with Gasteiger partial charge in [0.1, 0.15) is 12.4 Å². The third kappa shape index (κ3) is 6.77. The van der Waals surface area contributed by atoms with E-state index in [9.17, 15) is 9.59 Å². The lowest BCUT2D eigenvalue weighted by atomic mass is 9.93. The van der Waals surface area contributed by atoms with E-state index in [-0.39, 0.29) is 24.5 Å². The van der Waals surface area contributed by atoms with Crippen LogP contribution < -0.4 is 10.1 Å². The van der Waals surface area contributed by atoms with Gasteiger partial charge in [0.2, 0.25) is 5.91 Å². The van der Waals surface area contributed by atoms with Gasteiger partial charge in [0, 0.05) is 5.70 Å². The Labute approximate surface area is 251 Å². The van der Waals surface area contributed by atoms with Crippen LogP contribution in [0.2, 0.25) is 0 Å². The van der Waals surface area contributed by atoms with Gasteiger partial charge in [-0.3, -0.25) is 4.79 Å². The Bertz CT molecular complexity index is 1530. The monoisotopic (exact) mass is 581 g/mol. The highest BCUT2D eigenvalue weighted by atomic mass is 32.2. The zero-order valence-electron chi connectivity index (χ0n) is 24.2. The third-order valence-electron chi connectivity index (χ3n) is 7.00.